The molecule has 6 nitrogen and oxygen atoms in total. The highest BCUT2D eigenvalue weighted by molar-refractivity contribution is 5.71. The van der Waals surface area contributed by atoms with E-state index in [2.05, 4.69) is 81.5 Å². The molecule has 0 amide bonds. The Kier molecular flexibility index (Phi) is 56.3. The molecular formula is C64H114O6. The summed E-state index contributed by atoms with van der Waals surface area (Å²) in [6.07, 6.45) is 73.5. The lowest BCUT2D eigenvalue weighted by Gasteiger charge is -2.18. The average Bonchev–Trinajstić information content (AvgIpc) is 3.36. The summed E-state index contributed by atoms with van der Waals surface area (Å²) in [5.74, 6) is -0.877. The van der Waals surface area contributed by atoms with Crippen molar-refractivity contribution in [2.24, 2.45) is 0 Å². The lowest BCUT2D eigenvalue weighted by molar-refractivity contribution is -0.167. The van der Waals surface area contributed by atoms with Gasteiger partial charge < -0.3 is 14.2 Å². The van der Waals surface area contributed by atoms with Gasteiger partial charge >= 0.3 is 17.9 Å². The standard InChI is InChI=1S/C64H114O6/c1-4-7-10-13-16-19-22-25-28-30-31-32-33-34-37-39-42-45-48-51-54-57-63(66)69-60-61(59-68-62(65)56-53-50-47-44-41-38-35-27-24-21-18-15-12-9-6-3)70-64(67)58-55-52-49-46-43-40-36-29-26-23-20-17-14-11-8-5-2/h7,10,16,19,25,28,31-32,34,37,61H,4-6,8-9,11-15,17-18,20-24,26-27,29-30,33,35-36,38-60H2,1-3H3/b10-7-,19-16-,28-25-,32-31-,37-34-. The van der Waals surface area contributed by atoms with E-state index in [1.165, 1.54) is 161 Å². The molecule has 0 N–H and O–H groups in total. The number of carbonyl (C=O) groups is 3. The second kappa shape index (κ2) is 58.7. The van der Waals surface area contributed by atoms with Gasteiger partial charge in [0.25, 0.3) is 0 Å². The first-order chi connectivity index (χ1) is 34.5. The number of ether oxygens (including phenoxy) is 3. The monoisotopic (exact) mass is 979 g/mol. The SMILES string of the molecule is CC/C=C\C/C=C\C/C=C\C/C=C\C/C=C\CCCCCCCC(=O)OCC(COC(=O)CCCCCCCCCCCCCCCCC)OC(=O)CCCCCCCCCCCCCCCCCC. The molecular weight excluding hydrogens is 865 g/mol. The van der Waals surface area contributed by atoms with Crippen LogP contribution in [-0.4, -0.2) is 37.2 Å². The van der Waals surface area contributed by atoms with E-state index in [4.69, 9.17) is 14.2 Å². The van der Waals surface area contributed by atoms with Crippen molar-refractivity contribution in [2.75, 3.05) is 13.2 Å². The first-order valence-electron chi connectivity index (χ1n) is 30.3. The fraction of sp³-hybridized carbons (Fsp3) is 0.797. The number of allylic oxidation sites excluding steroid dienone is 10. The van der Waals surface area contributed by atoms with Crippen molar-refractivity contribution >= 4 is 17.9 Å². The van der Waals surface area contributed by atoms with Crippen LogP contribution in [0, 0.1) is 0 Å². The van der Waals surface area contributed by atoms with Gasteiger partial charge in [-0.1, -0.05) is 287 Å². The van der Waals surface area contributed by atoms with Crippen molar-refractivity contribution in [1.82, 2.24) is 0 Å². The van der Waals surface area contributed by atoms with E-state index in [0.29, 0.717) is 19.3 Å². The van der Waals surface area contributed by atoms with Gasteiger partial charge in [0.2, 0.25) is 0 Å². The average molecular weight is 980 g/mol. The number of unbranched alkanes of at least 4 members (excludes halogenated alkanes) is 34. The third-order valence-corrected chi connectivity index (χ3v) is 13.3. The van der Waals surface area contributed by atoms with Gasteiger partial charge in [0.15, 0.2) is 6.10 Å². The number of hydrogen-bond donors (Lipinski definition) is 0. The van der Waals surface area contributed by atoms with Gasteiger partial charge in [-0.15, -0.1) is 0 Å². The largest absolute Gasteiger partial charge is 0.462 e. The van der Waals surface area contributed by atoms with E-state index in [1.54, 1.807) is 0 Å². The molecule has 0 aliphatic carbocycles. The minimum absolute atomic E-state index is 0.0760. The van der Waals surface area contributed by atoms with Crippen LogP contribution in [0.25, 0.3) is 0 Å². The molecule has 0 saturated carbocycles. The first-order valence-corrected chi connectivity index (χ1v) is 30.3. The van der Waals surface area contributed by atoms with Crippen molar-refractivity contribution in [3.63, 3.8) is 0 Å². The van der Waals surface area contributed by atoms with Crippen molar-refractivity contribution in [2.45, 2.75) is 316 Å². The molecule has 0 aromatic heterocycles. The fourth-order valence-corrected chi connectivity index (χ4v) is 8.77. The molecule has 406 valence electrons. The van der Waals surface area contributed by atoms with E-state index in [-0.39, 0.29) is 31.1 Å². The molecule has 0 aromatic carbocycles. The summed E-state index contributed by atoms with van der Waals surface area (Å²) in [7, 11) is 0. The van der Waals surface area contributed by atoms with E-state index < -0.39 is 6.10 Å². The van der Waals surface area contributed by atoms with Crippen LogP contribution >= 0.6 is 0 Å². The summed E-state index contributed by atoms with van der Waals surface area (Å²) in [6.45, 7) is 6.55. The Morgan fingerprint density at radius 1 is 0.300 bits per heavy atom. The Morgan fingerprint density at radius 2 is 0.557 bits per heavy atom. The Morgan fingerprint density at radius 3 is 0.871 bits per heavy atom. The second-order valence-corrected chi connectivity index (χ2v) is 20.2. The summed E-state index contributed by atoms with van der Waals surface area (Å²) in [4.78, 5) is 38.2. The van der Waals surface area contributed by atoms with Crippen LogP contribution in [0.15, 0.2) is 60.8 Å². The third-order valence-electron chi connectivity index (χ3n) is 13.3. The van der Waals surface area contributed by atoms with Gasteiger partial charge in [0, 0.05) is 19.3 Å². The highest BCUT2D eigenvalue weighted by atomic mass is 16.6. The number of carbonyl (C=O) groups excluding carboxylic acids is 3. The predicted molar refractivity (Wildman–Crippen MR) is 302 cm³/mol. The van der Waals surface area contributed by atoms with Crippen LogP contribution in [0.4, 0.5) is 0 Å². The summed E-state index contributed by atoms with van der Waals surface area (Å²) in [5.41, 5.74) is 0. The van der Waals surface area contributed by atoms with Crippen molar-refractivity contribution < 1.29 is 28.6 Å². The second-order valence-electron chi connectivity index (χ2n) is 20.2. The van der Waals surface area contributed by atoms with Gasteiger partial charge in [0.1, 0.15) is 13.2 Å². The number of hydrogen-bond acceptors (Lipinski definition) is 6. The molecule has 0 aliphatic rings. The van der Waals surface area contributed by atoms with Gasteiger partial charge in [-0.3, -0.25) is 14.4 Å². The molecule has 0 spiro atoms. The van der Waals surface area contributed by atoms with Crippen molar-refractivity contribution in [3.8, 4) is 0 Å². The zero-order valence-electron chi connectivity index (χ0n) is 46.5. The van der Waals surface area contributed by atoms with Gasteiger partial charge in [-0.05, 0) is 64.2 Å². The van der Waals surface area contributed by atoms with Crippen LogP contribution in [-0.2, 0) is 28.6 Å². The molecule has 0 bridgehead atoms. The fourth-order valence-electron chi connectivity index (χ4n) is 8.77. The lowest BCUT2D eigenvalue weighted by Crippen LogP contribution is -2.30. The molecule has 0 fully saturated rings. The lowest BCUT2D eigenvalue weighted by atomic mass is 10.0. The molecule has 0 rings (SSSR count). The van der Waals surface area contributed by atoms with Crippen LogP contribution in [0.2, 0.25) is 0 Å². The van der Waals surface area contributed by atoms with Crippen LogP contribution < -0.4 is 0 Å². The molecule has 0 saturated heterocycles. The molecule has 0 heterocycles. The van der Waals surface area contributed by atoms with E-state index in [1.807, 2.05) is 0 Å². The Hall–Kier alpha value is -2.89. The zero-order chi connectivity index (χ0) is 50.7. The van der Waals surface area contributed by atoms with E-state index in [0.717, 1.165) is 109 Å². The predicted octanol–water partition coefficient (Wildman–Crippen LogP) is 20.4. The van der Waals surface area contributed by atoms with Crippen LogP contribution in [0.1, 0.15) is 310 Å². The van der Waals surface area contributed by atoms with Gasteiger partial charge in [-0.25, -0.2) is 0 Å². The van der Waals surface area contributed by atoms with Crippen LogP contribution in [0.5, 0.6) is 0 Å². The maximum atomic E-state index is 12.9. The van der Waals surface area contributed by atoms with E-state index in [9.17, 15) is 14.4 Å². The summed E-state index contributed by atoms with van der Waals surface area (Å²) >= 11 is 0. The van der Waals surface area contributed by atoms with Crippen molar-refractivity contribution in [1.29, 1.82) is 0 Å². The molecule has 0 aromatic rings. The molecule has 0 radical (unpaired) electrons. The zero-order valence-corrected chi connectivity index (χ0v) is 46.5. The number of esters is 3. The Balaban J connectivity index is 4.37. The molecule has 70 heavy (non-hydrogen) atoms. The highest BCUT2D eigenvalue weighted by Crippen LogP contribution is 2.17. The highest BCUT2D eigenvalue weighted by Gasteiger charge is 2.19. The quantitative estimate of drug-likeness (QED) is 0.0261. The minimum atomic E-state index is -0.779. The summed E-state index contributed by atoms with van der Waals surface area (Å²) in [5, 5.41) is 0. The molecule has 6 heteroatoms. The number of rotatable bonds is 55. The van der Waals surface area contributed by atoms with Gasteiger partial charge in [0.05, 0.1) is 0 Å². The first kappa shape index (κ1) is 67.1. The van der Waals surface area contributed by atoms with Gasteiger partial charge in [-0.2, -0.15) is 0 Å². The maximum Gasteiger partial charge on any atom is 0.306 e. The molecule has 0 aliphatic heterocycles. The Bertz CT molecular complexity index is 1260. The Labute approximate surface area is 434 Å². The smallest absolute Gasteiger partial charge is 0.306 e. The topological polar surface area (TPSA) is 78.9 Å². The normalized spacial score (nSPS) is 12.4. The molecule has 1 unspecified atom stereocenters. The summed E-state index contributed by atoms with van der Waals surface area (Å²) in [6, 6.07) is 0. The minimum Gasteiger partial charge on any atom is -0.462 e. The third kappa shape index (κ3) is 56.0. The maximum absolute atomic E-state index is 12.9. The van der Waals surface area contributed by atoms with Crippen molar-refractivity contribution in [3.05, 3.63) is 60.8 Å². The van der Waals surface area contributed by atoms with Crippen LogP contribution in [0.3, 0.4) is 0 Å². The summed E-state index contributed by atoms with van der Waals surface area (Å²) < 4.78 is 16.9. The van der Waals surface area contributed by atoms with E-state index >= 15 is 0 Å². The molecule has 1 atom stereocenters.